The molecule has 0 fully saturated rings. The van der Waals surface area contributed by atoms with E-state index >= 15 is 0 Å². The van der Waals surface area contributed by atoms with Crippen molar-refractivity contribution in [1.29, 1.82) is 0 Å². The number of aromatic nitrogens is 2. The zero-order chi connectivity index (χ0) is 18.4. The summed E-state index contributed by atoms with van der Waals surface area (Å²) < 4.78 is 6.17. The van der Waals surface area contributed by atoms with Crippen LogP contribution in [-0.2, 0) is 14.3 Å². The van der Waals surface area contributed by atoms with Gasteiger partial charge in [-0.2, -0.15) is 0 Å². The molecule has 0 spiro atoms. The minimum absolute atomic E-state index is 0.0745. The molecule has 0 saturated carbocycles. The third kappa shape index (κ3) is 4.81. The second-order valence-electron chi connectivity index (χ2n) is 4.73. The largest absolute Gasteiger partial charge is 0.492 e. The summed E-state index contributed by atoms with van der Waals surface area (Å²) in [7, 11) is 0. The fourth-order valence-electron chi connectivity index (χ4n) is 1.70. The summed E-state index contributed by atoms with van der Waals surface area (Å²) in [5.41, 5.74) is 0. The van der Waals surface area contributed by atoms with Crippen molar-refractivity contribution in [3.63, 3.8) is 0 Å². The van der Waals surface area contributed by atoms with E-state index in [0.29, 0.717) is 9.46 Å². The van der Waals surface area contributed by atoms with Gasteiger partial charge in [0.1, 0.15) is 0 Å². The highest BCUT2D eigenvalue weighted by Gasteiger charge is 2.13. The number of hydrogen-bond acceptors (Lipinski definition) is 9. The fraction of sp³-hybridized carbons (Fsp3) is 0.286. The molecule has 25 heavy (non-hydrogen) atoms. The molecule has 4 N–H and O–H groups in total. The van der Waals surface area contributed by atoms with E-state index in [1.54, 1.807) is 0 Å². The summed E-state index contributed by atoms with van der Waals surface area (Å²) in [5, 5.41) is 37.2. The van der Waals surface area contributed by atoms with Crippen LogP contribution < -0.4 is 9.68 Å². The Morgan fingerprint density at radius 1 is 0.720 bits per heavy atom. The van der Waals surface area contributed by atoms with Crippen molar-refractivity contribution in [3.8, 4) is 23.5 Å². The number of aromatic hydroxyl groups is 4. The predicted molar refractivity (Wildman–Crippen MR) is 78.8 cm³/mol. The zero-order valence-electron chi connectivity index (χ0n) is 12.9. The van der Waals surface area contributed by atoms with Crippen molar-refractivity contribution in [3.05, 3.63) is 24.3 Å². The molecule has 2 rings (SSSR count). The van der Waals surface area contributed by atoms with Crippen LogP contribution in [-0.4, -0.2) is 55.0 Å². The first kappa shape index (κ1) is 18.0. The minimum atomic E-state index is -0.772. The number of hydrogen-bond donors (Lipinski definition) is 4. The summed E-state index contributed by atoms with van der Waals surface area (Å²) in [5.74, 6) is -3.30. The number of ether oxygens (including phenoxy) is 1. The SMILES string of the molecule is O=C(CCOCCC(=O)On1c(O)ccc1O)On1c(O)ccc1O. The monoisotopic (exact) mass is 356 g/mol. The topological polar surface area (TPSA) is 153 Å². The van der Waals surface area contributed by atoms with Crippen LogP contribution in [0.15, 0.2) is 24.3 Å². The smallest absolute Gasteiger partial charge is 0.335 e. The second-order valence-corrected chi connectivity index (χ2v) is 4.73. The quantitative estimate of drug-likeness (QED) is 0.459. The first-order chi connectivity index (χ1) is 11.9. The van der Waals surface area contributed by atoms with Crippen LogP contribution in [0.3, 0.4) is 0 Å². The van der Waals surface area contributed by atoms with Gasteiger partial charge in [0, 0.05) is 24.3 Å². The molecule has 0 unspecified atom stereocenters. The lowest BCUT2D eigenvalue weighted by Crippen LogP contribution is -2.22. The average Bonchev–Trinajstić information content (AvgIpc) is 3.04. The highest BCUT2D eigenvalue weighted by atomic mass is 16.7. The van der Waals surface area contributed by atoms with Crippen molar-refractivity contribution in [2.75, 3.05) is 13.2 Å². The van der Waals surface area contributed by atoms with E-state index in [1.807, 2.05) is 0 Å². The van der Waals surface area contributed by atoms with E-state index in [0.717, 1.165) is 24.3 Å². The van der Waals surface area contributed by atoms with E-state index in [-0.39, 0.29) is 26.1 Å². The molecule has 0 aliphatic carbocycles. The number of nitrogens with zero attached hydrogens (tertiary/aromatic N) is 2. The molecule has 2 heterocycles. The van der Waals surface area contributed by atoms with Crippen LogP contribution in [0.1, 0.15) is 12.8 Å². The lowest BCUT2D eigenvalue weighted by Gasteiger charge is -2.08. The lowest BCUT2D eigenvalue weighted by molar-refractivity contribution is -0.147. The third-order valence-corrected chi connectivity index (χ3v) is 2.88. The van der Waals surface area contributed by atoms with Crippen molar-refractivity contribution in [1.82, 2.24) is 9.46 Å². The molecule has 0 aliphatic heterocycles. The van der Waals surface area contributed by atoms with E-state index < -0.39 is 35.5 Å². The van der Waals surface area contributed by atoms with Crippen molar-refractivity contribution in [2.45, 2.75) is 12.8 Å². The number of rotatable bonds is 8. The van der Waals surface area contributed by atoms with Crippen molar-refractivity contribution < 1.29 is 44.4 Å². The van der Waals surface area contributed by atoms with E-state index in [4.69, 9.17) is 4.74 Å². The van der Waals surface area contributed by atoms with Gasteiger partial charge < -0.3 is 34.8 Å². The Bertz CT molecular complexity index is 648. The first-order valence-corrected chi connectivity index (χ1v) is 7.08. The molecule has 0 amide bonds. The average molecular weight is 356 g/mol. The number of carbonyl (C=O) groups is 2. The Labute approximate surface area is 140 Å². The van der Waals surface area contributed by atoms with Crippen LogP contribution >= 0.6 is 0 Å². The van der Waals surface area contributed by atoms with Crippen LogP contribution in [0.2, 0.25) is 0 Å². The van der Waals surface area contributed by atoms with Gasteiger partial charge in [0.25, 0.3) is 0 Å². The molecule has 2 aromatic heterocycles. The minimum Gasteiger partial charge on any atom is -0.492 e. The Hall–Kier alpha value is -3.34. The highest BCUT2D eigenvalue weighted by molar-refractivity contribution is 5.70. The molecule has 136 valence electrons. The van der Waals surface area contributed by atoms with Gasteiger partial charge in [-0.1, -0.05) is 0 Å². The summed E-state index contributed by atoms with van der Waals surface area (Å²) in [6, 6.07) is 4.58. The molecule has 11 heteroatoms. The van der Waals surface area contributed by atoms with Gasteiger partial charge in [-0.15, -0.1) is 9.46 Å². The lowest BCUT2D eigenvalue weighted by atomic mass is 10.4. The molecule has 0 atom stereocenters. The molecule has 0 bridgehead atoms. The highest BCUT2D eigenvalue weighted by Crippen LogP contribution is 2.19. The van der Waals surface area contributed by atoms with Gasteiger partial charge in [-0.25, -0.2) is 9.59 Å². The molecule has 0 radical (unpaired) electrons. The second kappa shape index (κ2) is 7.97. The predicted octanol–water partition coefficient (Wildman–Crippen LogP) is -0.481. The van der Waals surface area contributed by atoms with E-state index in [1.165, 1.54) is 0 Å². The van der Waals surface area contributed by atoms with Gasteiger partial charge in [0.05, 0.1) is 26.1 Å². The van der Waals surface area contributed by atoms with Gasteiger partial charge >= 0.3 is 11.9 Å². The molecule has 11 nitrogen and oxygen atoms in total. The van der Waals surface area contributed by atoms with Crippen molar-refractivity contribution >= 4 is 11.9 Å². The van der Waals surface area contributed by atoms with Gasteiger partial charge in [-0.05, 0) is 0 Å². The molecular formula is C14H16N2O9. The Morgan fingerprint density at radius 3 is 1.36 bits per heavy atom. The maximum absolute atomic E-state index is 11.5. The third-order valence-electron chi connectivity index (χ3n) is 2.88. The van der Waals surface area contributed by atoms with Gasteiger partial charge in [0.2, 0.25) is 23.5 Å². The maximum Gasteiger partial charge on any atom is 0.335 e. The Morgan fingerprint density at radius 2 is 1.04 bits per heavy atom. The normalized spacial score (nSPS) is 10.6. The Kier molecular flexibility index (Phi) is 5.74. The maximum atomic E-state index is 11.5. The van der Waals surface area contributed by atoms with Crippen LogP contribution in [0.4, 0.5) is 0 Å². The number of carbonyl (C=O) groups excluding carboxylic acids is 2. The van der Waals surface area contributed by atoms with Crippen LogP contribution in [0.5, 0.6) is 23.5 Å². The van der Waals surface area contributed by atoms with E-state index in [9.17, 15) is 30.0 Å². The zero-order valence-corrected chi connectivity index (χ0v) is 12.9. The van der Waals surface area contributed by atoms with Crippen molar-refractivity contribution in [2.24, 2.45) is 0 Å². The first-order valence-electron chi connectivity index (χ1n) is 7.08. The fourth-order valence-corrected chi connectivity index (χ4v) is 1.70. The molecular weight excluding hydrogens is 340 g/mol. The Balaban J connectivity index is 1.63. The standard InChI is InChI=1S/C14H16N2O9/c17-9-1-2-10(18)15(9)24-13(21)5-7-23-8-6-14(22)25-16-11(19)3-4-12(16)20/h1-4,17-20H,5-8H2. The summed E-state index contributed by atoms with van der Waals surface area (Å²) >= 11 is 0. The summed E-state index contributed by atoms with van der Waals surface area (Å²) in [6.07, 6.45) is -0.378. The molecule has 0 aliphatic rings. The van der Waals surface area contributed by atoms with E-state index in [2.05, 4.69) is 9.68 Å². The van der Waals surface area contributed by atoms with Gasteiger partial charge in [-0.3, -0.25) is 0 Å². The summed E-state index contributed by atoms with van der Waals surface area (Å²) in [4.78, 5) is 32.4. The van der Waals surface area contributed by atoms with Crippen LogP contribution in [0, 0.1) is 0 Å². The molecule has 2 aromatic rings. The summed E-state index contributed by atoms with van der Waals surface area (Å²) in [6.45, 7) is -0.149. The van der Waals surface area contributed by atoms with Gasteiger partial charge in [0.15, 0.2) is 0 Å². The van der Waals surface area contributed by atoms with Crippen LogP contribution in [0.25, 0.3) is 0 Å². The molecule has 0 saturated heterocycles. The molecule has 0 aromatic carbocycles.